The van der Waals surface area contributed by atoms with Crippen LogP contribution in [0.1, 0.15) is 29.7 Å². The largest absolute Gasteiger partial charge is 0.416 e. The minimum atomic E-state index is -4.63. The zero-order valence-corrected chi connectivity index (χ0v) is 15.1. The summed E-state index contributed by atoms with van der Waals surface area (Å²) in [6, 6.07) is 10.0. The van der Waals surface area contributed by atoms with Gasteiger partial charge in [-0.05, 0) is 37.1 Å². The summed E-state index contributed by atoms with van der Waals surface area (Å²) in [7, 11) is 0. The highest BCUT2D eigenvalue weighted by Crippen LogP contribution is 2.38. The number of halogens is 3. The van der Waals surface area contributed by atoms with Crippen molar-refractivity contribution in [1.29, 1.82) is 0 Å². The molecule has 1 aliphatic rings. The fraction of sp³-hybridized carbons (Fsp3) is 0.200. The fourth-order valence-electron chi connectivity index (χ4n) is 3.14. The lowest BCUT2D eigenvalue weighted by atomic mass is 9.91. The molecule has 0 fully saturated rings. The van der Waals surface area contributed by atoms with Crippen molar-refractivity contribution in [3.05, 3.63) is 76.5 Å². The van der Waals surface area contributed by atoms with E-state index in [0.29, 0.717) is 5.69 Å². The maximum Gasteiger partial charge on any atom is 0.416 e. The third-order valence-corrected chi connectivity index (χ3v) is 4.48. The van der Waals surface area contributed by atoms with E-state index in [2.05, 4.69) is 16.0 Å². The number of alkyl halides is 3. The lowest BCUT2D eigenvalue weighted by molar-refractivity contribution is -0.138. The molecule has 3 N–H and O–H groups in total. The minimum Gasteiger partial charge on any atom is -0.327 e. The number of rotatable bonds is 3. The quantitative estimate of drug-likeness (QED) is 0.733. The average molecular weight is 389 g/mol. The van der Waals surface area contributed by atoms with Crippen LogP contribution in [0.5, 0.6) is 0 Å². The lowest BCUT2D eigenvalue weighted by Crippen LogP contribution is -2.46. The van der Waals surface area contributed by atoms with Crippen LogP contribution in [-0.4, -0.2) is 11.9 Å². The van der Waals surface area contributed by atoms with Crippen LogP contribution >= 0.6 is 0 Å². The Morgan fingerprint density at radius 2 is 1.68 bits per heavy atom. The Morgan fingerprint density at radius 3 is 2.36 bits per heavy atom. The molecule has 2 aromatic carbocycles. The molecule has 0 saturated carbocycles. The Hall–Kier alpha value is -3.29. The molecule has 0 spiro atoms. The van der Waals surface area contributed by atoms with Crippen molar-refractivity contribution >= 4 is 17.6 Å². The smallest absolute Gasteiger partial charge is 0.327 e. The number of hydrogen-bond donors (Lipinski definition) is 3. The van der Waals surface area contributed by atoms with E-state index in [1.165, 1.54) is 25.1 Å². The summed E-state index contributed by atoms with van der Waals surface area (Å²) in [5.74, 6) is -0.596. The Balaban J connectivity index is 2.06. The van der Waals surface area contributed by atoms with Gasteiger partial charge in [0.1, 0.15) is 0 Å². The van der Waals surface area contributed by atoms with Gasteiger partial charge >= 0.3 is 12.2 Å². The van der Waals surface area contributed by atoms with Gasteiger partial charge in [-0.15, -0.1) is 0 Å². The maximum atomic E-state index is 13.5. The van der Waals surface area contributed by atoms with Crippen molar-refractivity contribution in [3.63, 3.8) is 0 Å². The number of allylic oxidation sites excluding steroid dienone is 1. The summed E-state index contributed by atoms with van der Waals surface area (Å²) in [5, 5.41) is 7.61. The van der Waals surface area contributed by atoms with E-state index in [-0.39, 0.29) is 16.8 Å². The number of benzene rings is 2. The number of carbonyl (C=O) groups is 2. The number of anilines is 1. The highest BCUT2D eigenvalue weighted by atomic mass is 19.4. The van der Waals surface area contributed by atoms with Gasteiger partial charge in [0, 0.05) is 11.4 Å². The van der Waals surface area contributed by atoms with Crippen LogP contribution in [-0.2, 0) is 11.0 Å². The molecule has 0 aliphatic carbocycles. The third-order valence-electron chi connectivity index (χ3n) is 4.48. The summed E-state index contributed by atoms with van der Waals surface area (Å²) in [5.41, 5.74) is 0.438. The van der Waals surface area contributed by atoms with Gasteiger partial charge in [-0.2, -0.15) is 13.2 Å². The second-order valence-electron chi connectivity index (χ2n) is 6.42. The van der Waals surface area contributed by atoms with Gasteiger partial charge in [-0.1, -0.05) is 36.4 Å². The minimum absolute atomic E-state index is 0.0135. The number of aryl methyl sites for hydroxylation is 1. The van der Waals surface area contributed by atoms with Gasteiger partial charge in [0.2, 0.25) is 0 Å². The summed E-state index contributed by atoms with van der Waals surface area (Å²) >= 11 is 0. The van der Waals surface area contributed by atoms with Crippen LogP contribution in [0.4, 0.5) is 23.7 Å². The standard InChI is InChI=1S/C20H18F3N3O2/c1-11-7-3-6-10-15(11)25-18(27)16-12(2)24-19(28)26-17(16)13-8-4-5-9-14(13)20(21,22)23/h3-10,17H,1-2H3,(H,25,27)(H2,24,26,28). The second-order valence-corrected chi connectivity index (χ2v) is 6.42. The average Bonchev–Trinajstić information content (AvgIpc) is 2.62. The lowest BCUT2D eigenvalue weighted by Gasteiger charge is -2.30. The van der Waals surface area contributed by atoms with Crippen molar-refractivity contribution in [2.45, 2.75) is 26.1 Å². The molecule has 0 saturated heterocycles. The highest BCUT2D eigenvalue weighted by Gasteiger charge is 2.39. The van der Waals surface area contributed by atoms with Crippen molar-refractivity contribution in [2.24, 2.45) is 0 Å². The number of nitrogens with one attached hydrogen (secondary N) is 3. The van der Waals surface area contributed by atoms with Crippen molar-refractivity contribution in [1.82, 2.24) is 10.6 Å². The molecule has 0 aromatic heterocycles. The SMILES string of the molecule is CC1=C(C(=O)Nc2ccccc2C)C(c2ccccc2C(F)(F)F)NC(=O)N1. The molecule has 8 heteroatoms. The summed E-state index contributed by atoms with van der Waals surface area (Å²) < 4.78 is 40.4. The van der Waals surface area contributed by atoms with Gasteiger partial charge in [0.05, 0.1) is 17.2 Å². The van der Waals surface area contributed by atoms with Crippen LogP contribution in [0.15, 0.2) is 59.8 Å². The molecular weight excluding hydrogens is 371 g/mol. The second kappa shape index (κ2) is 7.38. The van der Waals surface area contributed by atoms with E-state index < -0.39 is 29.7 Å². The van der Waals surface area contributed by atoms with E-state index in [0.717, 1.165) is 11.6 Å². The van der Waals surface area contributed by atoms with E-state index >= 15 is 0 Å². The zero-order valence-electron chi connectivity index (χ0n) is 15.1. The summed E-state index contributed by atoms with van der Waals surface area (Å²) in [4.78, 5) is 24.9. The van der Waals surface area contributed by atoms with Crippen molar-refractivity contribution < 1.29 is 22.8 Å². The third kappa shape index (κ3) is 3.85. The number of hydrogen-bond acceptors (Lipinski definition) is 2. The highest BCUT2D eigenvalue weighted by molar-refractivity contribution is 6.07. The normalized spacial score (nSPS) is 17.0. The molecule has 0 radical (unpaired) electrons. The molecule has 146 valence electrons. The monoisotopic (exact) mass is 389 g/mol. The van der Waals surface area contributed by atoms with E-state index in [1.807, 2.05) is 0 Å². The van der Waals surface area contributed by atoms with Crippen LogP contribution in [0.2, 0.25) is 0 Å². The van der Waals surface area contributed by atoms with E-state index in [1.54, 1.807) is 31.2 Å². The zero-order chi connectivity index (χ0) is 20.5. The summed E-state index contributed by atoms with van der Waals surface area (Å²) in [6.07, 6.45) is -4.63. The van der Waals surface area contributed by atoms with E-state index in [4.69, 9.17) is 0 Å². The van der Waals surface area contributed by atoms with Crippen LogP contribution in [0.3, 0.4) is 0 Å². The molecular formula is C20H18F3N3O2. The van der Waals surface area contributed by atoms with Crippen molar-refractivity contribution in [2.75, 3.05) is 5.32 Å². The first-order chi connectivity index (χ1) is 13.2. The van der Waals surface area contributed by atoms with Crippen molar-refractivity contribution in [3.8, 4) is 0 Å². The molecule has 1 aliphatic heterocycles. The Morgan fingerprint density at radius 1 is 1.04 bits per heavy atom. The number of amides is 3. The molecule has 5 nitrogen and oxygen atoms in total. The van der Waals surface area contributed by atoms with Crippen LogP contribution in [0, 0.1) is 6.92 Å². The Labute approximate surface area is 159 Å². The topological polar surface area (TPSA) is 70.2 Å². The van der Waals surface area contributed by atoms with Gasteiger partial charge in [-0.3, -0.25) is 4.79 Å². The van der Waals surface area contributed by atoms with E-state index in [9.17, 15) is 22.8 Å². The molecule has 1 atom stereocenters. The Bertz CT molecular complexity index is 967. The number of para-hydroxylation sites is 1. The van der Waals surface area contributed by atoms with Gasteiger partial charge in [0.25, 0.3) is 5.91 Å². The first-order valence-corrected chi connectivity index (χ1v) is 8.50. The van der Waals surface area contributed by atoms with Gasteiger partial charge in [0.15, 0.2) is 0 Å². The maximum absolute atomic E-state index is 13.5. The fourth-order valence-corrected chi connectivity index (χ4v) is 3.14. The first kappa shape index (κ1) is 19.5. The molecule has 3 amide bonds. The molecule has 3 rings (SSSR count). The van der Waals surface area contributed by atoms with Crippen LogP contribution in [0.25, 0.3) is 0 Å². The molecule has 1 unspecified atom stereocenters. The first-order valence-electron chi connectivity index (χ1n) is 8.50. The van der Waals surface area contributed by atoms with Gasteiger partial charge < -0.3 is 16.0 Å². The van der Waals surface area contributed by atoms with Crippen LogP contribution < -0.4 is 16.0 Å². The predicted molar refractivity (Wildman–Crippen MR) is 98.4 cm³/mol. The summed E-state index contributed by atoms with van der Waals surface area (Å²) in [6.45, 7) is 3.28. The van der Waals surface area contributed by atoms with Gasteiger partial charge in [-0.25, -0.2) is 4.79 Å². The molecule has 1 heterocycles. The Kier molecular flexibility index (Phi) is 5.13. The number of urea groups is 1. The molecule has 0 bridgehead atoms. The predicted octanol–water partition coefficient (Wildman–Crippen LogP) is 4.28. The molecule has 2 aromatic rings. The molecule has 28 heavy (non-hydrogen) atoms. The number of carbonyl (C=O) groups excluding carboxylic acids is 2.